The van der Waals surface area contributed by atoms with Crippen LogP contribution in [-0.4, -0.2) is 198 Å². The van der Waals surface area contributed by atoms with Gasteiger partial charge in [-0.3, -0.25) is 19.2 Å². The number of aliphatic hydroxyl groups excluding tert-OH is 2. The van der Waals surface area contributed by atoms with Crippen LogP contribution in [0.15, 0.2) is 60.0 Å². The molecular weight excluding hydrogens is 1130 g/mol. The summed E-state index contributed by atoms with van der Waals surface area (Å²) >= 11 is 0. The molecule has 1 unspecified atom stereocenters. The number of piperazine rings is 1. The van der Waals surface area contributed by atoms with Crippen LogP contribution >= 0.6 is 0 Å². The highest BCUT2D eigenvalue weighted by molar-refractivity contribution is 6.39. The molecular formula is C66H102N6O16. The maximum atomic E-state index is 14.7. The fourth-order valence-electron chi connectivity index (χ4n) is 13.0. The lowest BCUT2D eigenvalue weighted by Crippen LogP contribution is -2.61. The summed E-state index contributed by atoms with van der Waals surface area (Å²) in [4.78, 5) is 97.5. The number of hydrogen-bond acceptors (Lipinski definition) is 19. The molecule has 3 saturated heterocycles. The van der Waals surface area contributed by atoms with Crippen LogP contribution < -0.4 is 10.2 Å². The van der Waals surface area contributed by atoms with Crippen molar-refractivity contribution in [1.29, 1.82) is 0 Å². The first kappa shape index (κ1) is 71.6. The molecule has 492 valence electrons. The van der Waals surface area contributed by atoms with E-state index in [2.05, 4.69) is 15.3 Å². The van der Waals surface area contributed by atoms with Gasteiger partial charge in [-0.05, 0) is 114 Å². The molecule has 22 nitrogen and oxygen atoms in total. The Morgan fingerprint density at radius 2 is 1.56 bits per heavy atom. The number of amides is 3. The van der Waals surface area contributed by atoms with Gasteiger partial charge in [-0.25, -0.2) is 19.6 Å². The summed E-state index contributed by atoms with van der Waals surface area (Å²) in [5.74, 6) is -7.23. The van der Waals surface area contributed by atoms with E-state index < -0.39 is 102 Å². The van der Waals surface area contributed by atoms with Gasteiger partial charge in [0.2, 0.25) is 17.6 Å². The van der Waals surface area contributed by atoms with E-state index in [0.717, 1.165) is 5.57 Å². The Morgan fingerprint density at radius 1 is 0.830 bits per heavy atom. The largest absolute Gasteiger partial charge is 0.460 e. The van der Waals surface area contributed by atoms with E-state index in [0.29, 0.717) is 127 Å². The molecule has 4 aliphatic heterocycles. The normalized spacial score (nSPS) is 34.7. The van der Waals surface area contributed by atoms with Crippen molar-refractivity contribution in [2.75, 3.05) is 72.2 Å². The van der Waals surface area contributed by atoms with Gasteiger partial charge in [0.1, 0.15) is 30.5 Å². The van der Waals surface area contributed by atoms with Crippen LogP contribution in [0.2, 0.25) is 0 Å². The summed E-state index contributed by atoms with van der Waals surface area (Å²) < 4.78 is 41.4. The van der Waals surface area contributed by atoms with E-state index in [4.69, 9.17) is 33.2 Å². The third-order valence-corrected chi connectivity index (χ3v) is 18.6. The molecule has 6 rings (SSSR count). The van der Waals surface area contributed by atoms with Gasteiger partial charge in [-0.1, -0.05) is 71.1 Å². The van der Waals surface area contributed by atoms with Crippen LogP contribution in [0.1, 0.15) is 144 Å². The predicted octanol–water partition coefficient (Wildman–Crippen LogP) is 6.77. The van der Waals surface area contributed by atoms with E-state index >= 15 is 0 Å². The number of anilines is 1. The number of alkyl carbamates (subject to hydrolysis) is 1. The number of ketones is 2. The molecule has 5 heterocycles. The Bertz CT molecular complexity index is 2570. The summed E-state index contributed by atoms with van der Waals surface area (Å²) in [6, 6.07) is -1.17. The number of carbonyl (C=O) groups is 6. The number of aliphatic hydroxyl groups is 3. The van der Waals surface area contributed by atoms with Crippen molar-refractivity contribution < 1.29 is 77.2 Å². The molecule has 1 aliphatic carbocycles. The highest BCUT2D eigenvalue weighted by Gasteiger charge is 2.53. The third-order valence-electron chi connectivity index (χ3n) is 18.6. The lowest BCUT2D eigenvalue weighted by Gasteiger charge is -2.43. The molecule has 1 aromatic rings. The maximum Gasteiger partial charge on any atom is 0.407 e. The minimum Gasteiger partial charge on any atom is -0.460 e. The van der Waals surface area contributed by atoms with Crippen molar-refractivity contribution in [2.45, 2.75) is 206 Å². The zero-order valence-corrected chi connectivity index (χ0v) is 54.0. The second kappa shape index (κ2) is 34.7. The molecule has 3 amide bonds. The van der Waals surface area contributed by atoms with Crippen molar-refractivity contribution in [1.82, 2.24) is 25.1 Å². The van der Waals surface area contributed by atoms with Crippen molar-refractivity contribution in [2.24, 2.45) is 35.5 Å². The van der Waals surface area contributed by atoms with Crippen LogP contribution in [0, 0.1) is 35.5 Å². The number of esters is 1. The summed E-state index contributed by atoms with van der Waals surface area (Å²) in [6.45, 7) is 18.2. The molecule has 1 aromatic heterocycles. The van der Waals surface area contributed by atoms with Gasteiger partial charge in [0.15, 0.2) is 5.78 Å². The lowest BCUT2D eigenvalue weighted by molar-refractivity contribution is -0.265. The van der Waals surface area contributed by atoms with Crippen LogP contribution in [0.5, 0.6) is 0 Å². The zero-order valence-electron chi connectivity index (χ0n) is 54.0. The fraction of sp³-hybridized carbons (Fsp3) is 0.727. The van der Waals surface area contributed by atoms with Crippen molar-refractivity contribution in [3.05, 3.63) is 65.6 Å². The van der Waals surface area contributed by atoms with Crippen LogP contribution in [0.25, 0.3) is 0 Å². The Morgan fingerprint density at radius 3 is 2.24 bits per heavy atom. The lowest BCUT2D eigenvalue weighted by atomic mass is 9.78. The van der Waals surface area contributed by atoms with Gasteiger partial charge >= 0.3 is 12.1 Å². The molecule has 0 spiro atoms. The molecule has 5 aliphatic rings. The van der Waals surface area contributed by atoms with E-state index in [1.807, 2.05) is 74.8 Å². The molecule has 2 bridgehead atoms. The number of hydrogen-bond donors (Lipinski definition) is 4. The Hall–Kier alpha value is -5.46. The molecule has 4 fully saturated rings. The smallest absolute Gasteiger partial charge is 0.407 e. The first-order valence-electron chi connectivity index (χ1n) is 32.0. The first-order valence-corrected chi connectivity index (χ1v) is 32.0. The van der Waals surface area contributed by atoms with Gasteiger partial charge < -0.3 is 68.5 Å². The second-order valence-electron chi connectivity index (χ2n) is 25.2. The van der Waals surface area contributed by atoms with E-state index in [9.17, 15) is 44.1 Å². The maximum absolute atomic E-state index is 14.7. The summed E-state index contributed by atoms with van der Waals surface area (Å²) in [7, 11) is 4.53. The van der Waals surface area contributed by atoms with Crippen molar-refractivity contribution in [3.8, 4) is 0 Å². The van der Waals surface area contributed by atoms with Gasteiger partial charge in [0, 0.05) is 116 Å². The summed E-state index contributed by atoms with van der Waals surface area (Å²) in [5, 5.41) is 38.6. The van der Waals surface area contributed by atoms with E-state index in [1.165, 1.54) is 12.0 Å². The number of aromatic nitrogens is 2. The number of fused-ring (bicyclic) bond motifs is 3. The standard InChI is InChI=1S/C66H102N6O16/c1-12-85-31-25-57(74)70-27-29-71(30-28-70)64-67-38-49(39-68-64)40-69-65(80)87-53-24-22-48(35-56(53)83-10)34-44(5)55-37-52(73)43(4)33-46(7)59(76)60(84-11)58(75)45(6)32-41(2)18-14-13-15-19-42(3)54(82-9)36-50-23-21-47(8)66(81,88-50)61(77)62(78)72-26-17-16-20-51(72)63(79)86-55/h13-15,18-19,33,38-39,41,43-45,47-48,50-56,59-60,73,76,81H,12,16-17,20-32,34-37,40H2,1-11H3,(H,69,80)/b15-13+,18-14+,42-19+,46-33+/t41-,43-,44-,45-,47-,48+,50+,51+,52-,53-,54+,55+,56-,59?,60+,66-/m1/s1. The molecule has 4 N–H and O–H groups in total. The number of cyclic esters (lactones) is 1. The Kier molecular flexibility index (Phi) is 28.2. The number of rotatable bonds is 14. The zero-order chi connectivity index (χ0) is 64.2. The fourth-order valence-corrected chi connectivity index (χ4v) is 13.0. The minimum absolute atomic E-state index is 0.00119. The van der Waals surface area contributed by atoms with E-state index in [-0.39, 0.29) is 55.4 Å². The average molecular weight is 1240 g/mol. The number of nitrogens with zero attached hydrogens (tertiary/aromatic N) is 5. The predicted molar refractivity (Wildman–Crippen MR) is 329 cm³/mol. The van der Waals surface area contributed by atoms with Crippen molar-refractivity contribution >= 4 is 41.4 Å². The van der Waals surface area contributed by atoms with Gasteiger partial charge in [0.05, 0.1) is 37.4 Å². The van der Waals surface area contributed by atoms with Crippen LogP contribution in [-0.2, 0) is 63.7 Å². The Labute approximate surface area is 521 Å². The third kappa shape index (κ3) is 19.8. The number of carbonyl (C=O) groups excluding carboxylic acids is 6. The number of allylic oxidation sites excluding steroid dienone is 5. The monoisotopic (exact) mass is 1230 g/mol. The topological polar surface area (TPSA) is 275 Å². The van der Waals surface area contributed by atoms with Gasteiger partial charge in [0.25, 0.3) is 11.7 Å². The summed E-state index contributed by atoms with van der Waals surface area (Å²) in [6.07, 6.45) is 12.7. The van der Waals surface area contributed by atoms with Gasteiger partial charge in [-0.2, -0.15) is 0 Å². The quantitative estimate of drug-likeness (QED) is 0.0647. The first-order chi connectivity index (χ1) is 42.0. The SMILES string of the molecule is CCOCCC(=O)N1CCN(c2ncc(CNC(=O)O[C@@H]3CC[C@@H](C[C@@H](C)[C@@H]4C[C@@H](O)[C@H](C)/C=C(\C)C(O)[C@@H](OC)C(=O)[C@H](C)C[C@H](C)/C=C/C=C/C=C(\C)[C@@H](OC)C[C@@H]5CC[C@@H](C)[C@@](O)(O5)C(=O)C(=O)N5CCCC[C@H]5C(=O)O4)C[C@H]3OC)cn2)CC1. The minimum atomic E-state index is -2.46. The van der Waals surface area contributed by atoms with Crippen LogP contribution in [0.4, 0.5) is 10.7 Å². The van der Waals surface area contributed by atoms with Crippen LogP contribution in [0.3, 0.4) is 0 Å². The number of ether oxygens (including phenoxy) is 7. The molecule has 88 heavy (non-hydrogen) atoms. The Balaban J connectivity index is 1.16. The van der Waals surface area contributed by atoms with Gasteiger partial charge in [-0.15, -0.1) is 0 Å². The number of Topliss-reactive ketones (excluding diaryl/α,β-unsaturated/α-hetero) is 2. The molecule has 0 aromatic carbocycles. The van der Waals surface area contributed by atoms with E-state index in [1.54, 1.807) is 53.5 Å². The molecule has 1 saturated carbocycles. The number of piperidine rings is 1. The molecule has 22 heteroatoms. The summed E-state index contributed by atoms with van der Waals surface area (Å²) in [5.41, 5.74) is 1.96. The average Bonchev–Trinajstić information content (AvgIpc) is 1.16. The van der Waals surface area contributed by atoms with Crippen molar-refractivity contribution in [3.63, 3.8) is 0 Å². The molecule has 16 atom stereocenters. The number of nitrogens with one attached hydrogen (secondary N) is 1. The highest BCUT2D eigenvalue weighted by atomic mass is 16.6. The second-order valence-corrected chi connectivity index (χ2v) is 25.2. The molecule has 0 radical (unpaired) electrons. The number of methoxy groups -OCH3 is 3. The highest BCUT2D eigenvalue weighted by Crippen LogP contribution is 2.38.